The van der Waals surface area contributed by atoms with Gasteiger partial charge >= 0.3 is 0 Å². The third-order valence-electron chi connectivity index (χ3n) is 4.12. The van der Waals surface area contributed by atoms with Crippen LogP contribution in [0.25, 0.3) is 0 Å². The summed E-state index contributed by atoms with van der Waals surface area (Å²) in [6, 6.07) is 8.04. The number of nitrogens with one attached hydrogen (secondary N) is 1. The fourth-order valence-corrected chi connectivity index (χ4v) is 3.95. The van der Waals surface area contributed by atoms with Gasteiger partial charge in [-0.25, -0.2) is 0 Å². The maximum Gasteiger partial charge on any atom is 0.236 e. The fraction of sp³-hybridized carbons (Fsp3) is 0.350. The zero-order valence-corrected chi connectivity index (χ0v) is 18.8. The number of benzene rings is 1. The lowest BCUT2D eigenvalue weighted by Gasteiger charge is -2.10. The van der Waals surface area contributed by atoms with Crippen molar-refractivity contribution in [3.8, 4) is 5.75 Å². The van der Waals surface area contributed by atoms with Crippen LogP contribution in [0.5, 0.6) is 5.75 Å². The van der Waals surface area contributed by atoms with Gasteiger partial charge < -0.3 is 4.74 Å². The van der Waals surface area contributed by atoms with Crippen LogP contribution in [0.4, 0.5) is 5.13 Å². The monoisotopic (exact) mass is 444 g/mol. The number of nitrogens with zero attached hydrogens (tertiary/aromatic N) is 5. The van der Waals surface area contributed by atoms with Gasteiger partial charge in [-0.05, 0) is 30.5 Å². The number of amides is 1. The van der Waals surface area contributed by atoms with Crippen LogP contribution >= 0.6 is 23.1 Å². The van der Waals surface area contributed by atoms with Gasteiger partial charge in [-0.15, -0.1) is 27.0 Å². The molecule has 8 nitrogen and oxygen atoms in total. The van der Waals surface area contributed by atoms with E-state index in [-0.39, 0.29) is 18.3 Å². The molecule has 2 heterocycles. The largest absolute Gasteiger partial charge is 0.486 e. The molecule has 30 heavy (non-hydrogen) atoms. The number of thioether (sulfide) groups is 1. The summed E-state index contributed by atoms with van der Waals surface area (Å²) in [5, 5.41) is 20.9. The maximum atomic E-state index is 12.2. The highest BCUT2D eigenvalue weighted by molar-refractivity contribution is 7.99. The van der Waals surface area contributed by atoms with Crippen LogP contribution in [0.3, 0.4) is 0 Å². The van der Waals surface area contributed by atoms with E-state index in [1.807, 2.05) is 23.6 Å². The van der Waals surface area contributed by atoms with Crippen molar-refractivity contribution in [2.45, 2.75) is 45.0 Å². The van der Waals surface area contributed by atoms with Crippen molar-refractivity contribution < 1.29 is 9.53 Å². The molecule has 0 aliphatic rings. The van der Waals surface area contributed by atoms with Gasteiger partial charge in [0.1, 0.15) is 17.4 Å². The van der Waals surface area contributed by atoms with Gasteiger partial charge in [0.05, 0.1) is 5.75 Å². The fourth-order valence-electron chi connectivity index (χ4n) is 2.57. The van der Waals surface area contributed by atoms with Crippen LogP contribution in [0.15, 0.2) is 42.1 Å². The quantitative estimate of drug-likeness (QED) is 0.372. The Morgan fingerprint density at radius 2 is 2.03 bits per heavy atom. The van der Waals surface area contributed by atoms with Crippen molar-refractivity contribution in [3.05, 3.63) is 53.3 Å². The molecule has 0 aliphatic carbocycles. The summed E-state index contributed by atoms with van der Waals surface area (Å²) in [5.41, 5.74) is 1.26. The number of aryl methyl sites for hydroxylation is 1. The Labute approximate surface area is 183 Å². The normalized spacial score (nSPS) is 10.9. The topological polar surface area (TPSA) is 94.8 Å². The minimum absolute atomic E-state index is 0.174. The summed E-state index contributed by atoms with van der Waals surface area (Å²) in [7, 11) is 0. The molecule has 1 N–H and O–H groups in total. The molecule has 0 saturated carbocycles. The Kier molecular flexibility index (Phi) is 7.58. The summed E-state index contributed by atoms with van der Waals surface area (Å²) in [5.74, 6) is 1.93. The molecular weight excluding hydrogens is 420 g/mol. The molecule has 1 amide bonds. The van der Waals surface area contributed by atoms with E-state index >= 15 is 0 Å². The van der Waals surface area contributed by atoms with Gasteiger partial charge in [-0.3, -0.25) is 14.7 Å². The van der Waals surface area contributed by atoms with Crippen LogP contribution in [-0.2, 0) is 17.9 Å². The Hall–Kier alpha value is -2.72. The average molecular weight is 445 g/mol. The van der Waals surface area contributed by atoms with Crippen molar-refractivity contribution in [3.63, 3.8) is 0 Å². The van der Waals surface area contributed by atoms with Gasteiger partial charge in [0.2, 0.25) is 11.0 Å². The van der Waals surface area contributed by atoms with E-state index in [1.54, 1.807) is 6.08 Å². The van der Waals surface area contributed by atoms with E-state index in [1.165, 1.54) is 28.7 Å². The summed E-state index contributed by atoms with van der Waals surface area (Å²) in [6.45, 7) is 10.7. The smallest absolute Gasteiger partial charge is 0.236 e. The molecule has 3 aromatic rings. The lowest BCUT2D eigenvalue weighted by Crippen LogP contribution is -2.15. The number of anilines is 1. The summed E-state index contributed by atoms with van der Waals surface area (Å²) in [4.78, 5) is 12.2. The Morgan fingerprint density at radius 1 is 1.27 bits per heavy atom. The van der Waals surface area contributed by atoms with Gasteiger partial charge in [0.25, 0.3) is 0 Å². The average Bonchev–Trinajstić information content (AvgIpc) is 3.31. The summed E-state index contributed by atoms with van der Waals surface area (Å²) < 4.78 is 7.77. The van der Waals surface area contributed by atoms with Gasteiger partial charge in [0.15, 0.2) is 11.0 Å². The molecule has 0 saturated heterocycles. The molecule has 0 fully saturated rings. The minimum Gasteiger partial charge on any atom is -0.486 e. The maximum absolute atomic E-state index is 12.2. The van der Waals surface area contributed by atoms with Crippen LogP contribution in [0.2, 0.25) is 0 Å². The van der Waals surface area contributed by atoms with Crippen molar-refractivity contribution in [1.29, 1.82) is 0 Å². The van der Waals surface area contributed by atoms with Crippen LogP contribution < -0.4 is 10.1 Å². The molecule has 0 radical (unpaired) electrons. The highest BCUT2D eigenvalue weighted by atomic mass is 32.2. The number of carbonyl (C=O) groups excluding carboxylic acids is 1. The van der Waals surface area contributed by atoms with Crippen molar-refractivity contribution in [2.24, 2.45) is 0 Å². The van der Waals surface area contributed by atoms with E-state index in [2.05, 4.69) is 58.3 Å². The number of hydrogen-bond acceptors (Lipinski definition) is 8. The zero-order valence-electron chi connectivity index (χ0n) is 17.2. The molecule has 0 aliphatic heterocycles. The lowest BCUT2D eigenvalue weighted by atomic mass is 10.0. The highest BCUT2D eigenvalue weighted by Gasteiger charge is 2.15. The number of hydrogen-bond donors (Lipinski definition) is 1. The molecule has 158 valence electrons. The third kappa shape index (κ3) is 5.90. The molecular formula is C20H24N6O2S2. The number of carbonyl (C=O) groups is 1. The second-order valence-electron chi connectivity index (χ2n) is 6.77. The molecule has 1 aromatic carbocycles. The molecule has 10 heteroatoms. The standard InChI is InChI=1S/C20H24N6O2S2/c1-5-10-26-17(11-28-16-8-6-15(7-9-16)13(2)3)23-25-20(26)29-12-18(27)21-19-24-22-14(4)30-19/h5-9,13H,1,10-12H2,2-4H3,(H,21,24,27). The van der Waals surface area contributed by atoms with Gasteiger partial charge in [0, 0.05) is 6.54 Å². The number of aromatic nitrogens is 5. The van der Waals surface area contributed by atoms with E-state index in [9.17, 15) is 4.79 Å². The molecule has 3 rings (SSSR count). The molecule has 0 bridgehead atoms. The SMILES string of the molecule is C=CCn1c(COc2ccc(C(C)C)cc2)nnc1SCC(=O)Nc1nnc(C)s1. The number of rotatable bonds is 10. The first-order chi connectivity index (χ1) is 14.5. The molecule has 0 spiro atoms. The van der Waals surface area contributed by atoms with Crippen LogP contribution in [0.1, 0.15) is 36.2 Å². The third-order valence-corrected chi connectivity index (χ3v) is 5.85. The molecule has 0 unspecified atom stereocenters. The predicted octanol–water partition coefficient (Wildman–Crippen LogP) is 4.06. The first-order valence-corrected chi connectivity index (χ1v) is 11.2. The zero-order chi connectivity index (χ0) is 21.5. The second-order valence-corrected chi connectivity index (χ2v) is 8.90. The first kappa shape index (κ1) is 22.0. The van der Waals surface area contributed by atoms with Gasteiger partial charge in [-0.1, -0.05) is 55.2 Å². The first-order valence-electron chi connectivity index (χ1n) is 9.44. The van der Waals surface area contributed by atoms with E-state index in [0.717, 1.165) is 10.8 Å². The summed E-state index contributed by atoms with van der Waals surface area (Å²) >= 11 is 2.63. The van der Waals surface area contributed by atoms with E-state index in [4.69, 9.17) is 4.74 Å². The highest BCUT2D eigenvalue weighted by Crippen LogP contribution is 2.22. The van der Waals surface area contributed by atoms with Crippen molar-refractivity contribution in [1.82, 2.24) is 25.0 Å². The number of allylic oxidation sites excluding steroid dienone is 1. The van der Waals surface area contributed by atoms with Crippen molar-refractivity contribution in [2.75, 3.05) is 11.1 Å². The Bertz CT molecular complexity index is 997. The van der Waals surface area contributed by atoms with Crippen LogP contribution in [0, 0.1) is 6.92 Å². The van der Waals surface area contributed by atoms with Crippen molar-refractivity contribution >= 4 is 34.1 Å². The van der Waals surface area contributed by atoms with E-state index in [0.29, 0.717) is 28.6 Å². The Balaban J connectivity index is 1.59. The predicted molar refractivity (Wildman–Crippen MR) is 119 cm³/mol. The second kappa shape index (κ2) is 10.4. The lowest BCUT2D eigenvalue weighted by molar-refractivity contribution is -0.113. The van der Waals surface area contributed by atoms with Crippen LogP contribution in [-0.4, -0.2) is 36.6 Å². The van der Waals surface area contributed by atoms with Gasteiger partial charge in [-0.2, -0.15) is 0 Å². The minimum atomic E-state index is -0.174. The van der Waals surface area contributed by atoms with E-state index < -0.39 is 0 Å². The molecule has 2 aromatic heterocycles. The summed E-state index contributed by atoms with van der Waals surface area (Å²) in [6.07, 6.45) is 1.76. The molecule has 0 atom stereocenters. The number of ether oxygens (including phenoxy) is 1. The Morgan fingerprint density at radius 3 is 2.67 bits per heavy atom.